The van der Waals surface area contributed by atoms with Gasteiger partial charge in [0, 0.05) is 6.54 Å². The van der Waals surface area contributed by atoms with Crippen LogP contribution in [0.4, 0.5) is 35.3 Å². The molecule has 4 N–H and O–H groups in total. The Hall–Kier alpha value is -2.97. The van der Waals surface area contributed by atoms with Crippen LogP contribution < -0.4 is 16.4 Å². The van der Waals surface area contributed by atoms with Crippen LogP contribution in [0.3, 0.4) is 0 Å². The number of benzene rings is 1. The third-order valence-electron chi connectivity index (χ3n) is 3.37. The number of anilines is 3. The molecule has 1 amide bonds. The van der Waals surface area contributed by atoms with Crippen LogP contribution in [0.2, 0.25) is 0 Å². The number of nitrogen functional groups attached to an aromatic ring is 1. The summed E-state index contributed by atoms with van der Waals surface area (Å²) in [5.41, 5.74) is 6.33. The number of hydrogen-bond acceptors (Lipinski definition) is 5. The van der Waals surface area contributed by atoms with Crippen LogP contribution in [-0.4, -0.2) is 17.7 Å². The lowest BCUT2D eigenvalue weighted by Gasteiger charge is -2.13. The van der Waals surface area contributed by atoms with Crippen LogP contribution in [-0.2, 0) is 17.5 Å². The number of ether oxygens (including phenoxy) is 1. The summed E-state index contributed by atoms with van der Waals surface area (Å²) in [7, 11) is 0. The van der Waals surface area contributed by atoms with E-state index < -0.39 is 17.8 Å². The standard InChI is InChI=1S/C17H19F3N4O2/c1-3-26-16(25)23-13-4-5-14(24-15(13)21)22-9-11-6-10(2)7-12(8-11)17(18,19)20/h4-8H,3,9H2,1-2H3,(H,23,25)(H3,21,22,24). The summed E-state index contributed by atoms with van der Waals surface area (Å²) < 4.78 is 43.4. The first-order valence-corrected chi connectivity index (χ1v) is 7.81. The molecule has 0 aliphatic rings. The molecule has 1 heterocycles. The van der Waals surface area contributed by atoms with E-state index in [2.05, 4.69) is 15.6 Å². The van der Waals surface area contributed by atoms with Crippen molar-refractivity contribution in [2.24, 2.45) is 0 Å². The summed E-state index contributed by atoms with van der Waals surface area (Å²) in [5, 5.41) is 5.35. The van der Waals surface area contributed by atoms with E-state index in [1.165, 1.54) is 6.07 Å². The second kappa shape index (κ2) is 7.94. The summed E-state index contributed by atoms with van der Waals surface area (Å²) >= 11 is 0. The van der Waals surface area contributed by atoms with E-state index >= 15 is 0 Å². The van der Waals surface area contributed by atoms with E-state index in [1.807, 2.05) is 0 Å². The minimum atomic E-state index is -4.40. The number of nitrogens with two attached hydrogens (primary N) is 1. The van der Waals surface area contributed by atoms with E-state index in [1.54, 1.807) is 26.0 Å². The molecule has 2 rings (SSSR count). The first-order chi connectivity index (χ1) is 12.2. The number of halogens is 3. The van der Waals surface area contributed by atoms with Crippen molar-refractivity contribution in [3.05, 3.63) is 47.0 Å². The van der Waals surface area contributed by atoms with Gasteiger partial charge >= 0.3 is 12.3 Å². The van der Waals surface area contributed by atoms with Gasteiger partial charge in [0.25, 0.3) is 0 Å². The zero-order chi connectivity index (χ0) is 19.3. The van der Waals surface area contributed by atoms with Gasteiger partial charge in [-0.1, -0.05) is 11.6 Å². The maximum atomic E-state index is 12.9. The minimum absolute atomic E-state index is 0.0586. The van der Waals surface area contributed by atoms with Crippen molar-refractivity contribution < 1.29 is 22.7 Å². The highest BCUT2D eigenvalue weighted by Crippen LogP contribution is 2.30. The van der Waals surface area contributed by atoms with Crippen LogP contribution in [0.5, 0.6) is 0 Å². The molecule has 0 radical (unpaired) electrons. The lowest BCUT2D eigenvalue weighted by atomic mass is 10.1. The monoisotopic (exact) mass is 368 g/mol. The fraction of sp³-hybridized carbons (Fsp3) is 0.294. The van der Waals surface area contributed by atoms with Crippen molar-refractivity contribution >= 4 is 23.4 Å². The number of nitrogens with one attached hydrogen (secondary N) is 2. The Balaban J connectivity index is 2.07. The van der Waals surface area contributed by atoms with Gasteiger partial charge in [-0.15, -0.1) is 0 Å². The van der Waals surface area contributed by atoms with Crippen molar-refractivity contribution in [2.45, 2.75) is 26.6 Å². The second-order valence-corrected chi connectivity index (χ2v) is 5.53. The smallest absolute Gasteiger partial charge is 0.416 e. The predicted octanol–water partition coefficient (Wildman–Crippen LogP) is 4.17. The summed E-state index contributed by atoms with van der Waals surface area (Å²) in [5.74, 6) is 0.426. The van der Waals surface area contributed by atoms with Gasteiger partial charge in [0.15, 0.2) is 0 Å². The van der Waals surface area contributed by atoms with Crippen LogP contribution >= 0.6 is 0 Å². The van der Waals surface area contributed by atoms with Gasteiger partial charge in [-0.25, -0.2) is 9.78 Å². The average molecular weight is 368 g/mol. The van der Waals surface area contributed by atoms with Gasteiger partial charge in [0.05, 0.1) is 17.9 Å². The third kappa shape index (κ3) is 5.27. The molecule has 0 bridgehead atoms. The van der Waals surface area contributed by atoms with E-state index in [-0.39, 0.29) is 24.7 Å². The lowest BCUT2D eigenvalue weighted by molar-refractivity contribution is -0.137. The molecule has 0 saturated heterocycles. The highest BCUT2D eigenvalue weighted by molar-refractivity contribution is 5.88. The minimum Gasteiger partial charge on any atom is -0.450 e. The number of rotatable bonds is 5. The number of nitrogens with zero attached hydrogens (tertiary/aromatic N) is 1. The first kappa shape index (κ1) is 19.4. The molecule has 0 unspecified atom stereocenters. The lowest BCUT2D eigenvalue weighted by Crippen LogP contribution is -2.15. The molecule has 0 saturated carbocycles. The highest BCUT2D eigenvalue weighted by Gasteiger charge is 2.30. The van der Waals surface area contributed by atoms with Gasteiger partial charge in [-0.05, 0) is 43.7 Å². The molecule has 0 spiro atoms. The Labute approximate surface area is 148 Å². The van der Waals surface area contributed by atoms with Crippen LogP contribution in [0, 0.1) is 6.92 Å². The Morgan fingerprint density at radius 2 is 2.00 bits per heavy atom. The van der Waals surface area contributed by atoms with E-state index in [4.69, 9.17) is 10.5 Å². The maximum Gasteiger partial charge on any atom is 0.416 e. The number of pyridine rings is 1. The van der Waals surface area contributed by atoms with E-state index in [0.29, 0.717) is 16.9 Å². The molecule has 0 aliphatic carbocycles. The highest BCUT2D eigenvalue weighted by atomic mass is 19.4. The van der Waals surface area contributed by atoms with Crippen molar-refractivity contribution in [3.8, 4) is 0 Å². The number of aromatic nitrogens is 1. The fourth-order valence-electron chi connectivity index (χ4n) is 2.28. The molecule has 26 heavy (non-hydrogen) atoms. The van der Waals surface area contributed by atoms with E-state index in [0.717, 1.165) is 12.1 Å². The largest absolute Gasteiger partial charge is 0.450 e. The number of amides is 1. The summed E-state index contributed by atoms with van der Waals surface area (Å²) in [6, 6.07) is 6.91. The molecule has 1 aromatic heterocycles. The summed E-state index contributed by atoms with van der Waals surface area (Å²) in [6.07, 6.45) is -5.05. The molecule has 9 heteroatoms. The van der Waals surface area contributed by atoms with Crippen LogP contribution in [0.25, 0.3) is 0 Å². The van der Waals surface area contributed by atoms with Gasteiger partial charge in [0.1, 0.15) is 11.6 Å². The van der Waals surface area contributed by atoms with Gasteiger partial charge in [0.2, 0.25) is 0 Å². The van der Waals surface area contributed by atoms with Crippen molar-refractivity contribution in [2.75, 3.05) is 23.0 Å². The molecular weight excluding hydrogens is 349 g/mol. The van der Waals surface area contributed by atoms with Crippen molar-refractivity contribution in [1.82, 2.24) is 4.98 Å². The number of carbonyl (C=O) groups is 1. The molecule has 1 aromatic carbocycles. The number of carbonyl (C=O) groups excluding carboxylic acids is 1. The number of aryl methyl sites for hydroxylation is 1. The SMILES string of the molecule is CCOC(=O)Nc1ccc(NCc2cc(C)cc(C(F)(F)F)c2)nc1N. The first-order valence-electron chi connectivity index (χ1n) is 7.81. The molecule has 140 valence electrons. The quantitative estimate of drug-likeness (QED) is 0.737. The molecule has 0 fully saturated rings. The Bertz CT molecular complexity index is 794. The van der Waals surface area contributed by atoms with Crippen LogP contribution in [0.1, 0.15) is 23.6 Å². The average Bonchev–Trinajstić information content (AvgIpc) is 2.54. The fourth-order valence-corrected chi connectivity index (χ4v) is 2.28. The number of hydrogen-bond donors (Lipinski definition) is 3. The molecule has 0 atom stereocenters. The molecule has 0 aliphatic heterocycles. The number of alkyl halides is 3. The zero-order valence-corrected chi connectivity index (χ0v) is 14.3. The zero-order valence-electron chi connectivity index (χ0n) is 14.3. The Morgan fingerprint density at radius 1 is 1.27 bits per heavy atom. The Kier molecular flexibility index (Phi) is 5.91. The topological polar surface area (TPSA) is 89.3 Å². The molecule has 6 nitrogen and oxygen atoms in total. The normalized spacial score (nSPS) is 11.1. The van der Waals surface area contributed by atoms with Crippen molar-refractivity contribution in [3.63, 3.8) is 0 Å². The van der Waals surface area contributed by atoms with Gasteiger partial charge in [-0.3, -0.25) is 5.32 Å². The molecule has 2 aromatic rings. The maximum absolute atomic E-state index is 12.9. The predicted molar refractivity (Wildman–Crippen MR) is 92.8 cm³/mol. The van der Waals surface area contributed by atoms with Crippen molar-refractivity contribution in [1.29, 1.82) is 0 Å². The second-order valence-electron chi connectivity index (χ2n) is 5.53. The van der Waals surface area contributed by atoms with Gasteiger partial charge in [-0.2, -0.15) is 13.2 Å². The Morgan fingerprint density at radius 3 is 2.62 bits per heavy atom. The summed E-state index contributed by atoms with van der Waals surface area (Å²) in [4.78, 5) is 15.5. The van der Waals surface area contributed by atoms with Crippen LogP contribution in [0.15, 0.2) is 30.3 Å². The van der Waals surface area contributed by atoms with Gasteiger partial charge < -0.3 is 15.8 Å². The summed E-state index contributed by atoms with van der Waals surface area (Å²) in [6.45, 7) is 3.63. The van der Waals surface area contributed by atoms with E-state index in [9.17, 15) is 18.0 Å². The third-order valence-corrected chi connectivity index (χ3v) is 3.37. The molecular formula is C17H19F3N4O2.